The molecular weight excluding hydrogens is 284 g/mol. The number of aryl methyl sites for hydroxylation is 1. The molecule has 0 bridgehead atoms. The summed E-state index contributed by atoms with van der Waals surface area (Å²) >= 11 is 1.64. The minimum absolute atomic E-state index is 0.0642. The van der Waals surface area contributed by atoms with E-state index in [4.69, 9.17) is 0 Å². The zero-order valence-corrected chi connectivity index (χ0v) is 13.0. The maximum Gasteiger partial charge on any atom is 0.274 e. The van der Waals surface area contributed by atoms with Crippen LogP contribution < -0.4 is 5.32 Å². The number of likely N-dealkylation sites (N-methyl/N-ethyl adjacent to an activating group) is 1. The van der Waals surface area contributed by atoms with Crippen molar-refractivity contribution in [1.29, 1.82) is 0 Å². The molecular formula is C15H18N4OS. The van der Waals surface area contributed by atoms with E-state index in [-0.39, 0.29) is 11.9 Å². The average Bonchev–Trinajstić information content (AvgIpc) is 3.17. The van der Waals surface area contributed by atoms with E-state index in [1.165, 1.54) is 5.56 Å². The summed E-state index contributed by atoms with van der Waals surface area (Å²) in [5.74, 6) is -0.0642. The summed E-state index contributed by atoms with van der Waals surface area (Å²) in [4.78, 5) is 15.3. The first-order chi connectivity index (χ1) is 10.2. The van der Waals surface area contributed by atoms with Gasteiger partial charge in [0.1, 0.15) is 5.69 Å². The monoisotopic (exact) mass is 302 g/mol. The number of carbonyl (C=O) groups excluding carboxylic acids is 1. The molecule has 0 spiro atoms. The fourth-order valence-electron chi connectivity index (χ4n) is 2.52. The van der Waals surface area contributed by atoms with E-state index < -0.39 is 0 Å². The van der Waals surface area contributed by atoms with Gasteiger partial charge in [0.25, 0.3) is 5.91 Å². The van der Waals surface area contributed by atoms with E-state index in [1.807, 2.05) is 25.4 Å². The molecule has 1 unspecified atom stereocenters. The Labute approximate surface area is 128 Å². The Morgan fingerprint density at radius 3 is 2.81 bits per heavy atom. The second kappa shape index (κ2) is 5.91. The number of thiophene rings is 1. The molecule has 1 aliphatic heterocycles. The van der Waals surface area contributed by atoms with Crippen LogP contribution in [-0.2, 0) is 0 Å². The van der Waals surface area contributed by atoms with E-state index >= 15 is 0 Å². The standard InChI is InChI=1S/C15H18N4OS/c1-10-6-8-21-14(10)12-3-4-13(18-17-12)15(20)19(2)11-5-7-16-9-11/h3-4,6,8,11,16H,5,7,9H2,1-2H3. The third kappa shape index (κ3) is 2.82. The molecule has 1 aliphatic rings. The first-order valence-electron chi connectivity index (χ1n) is 7.03. The first-order valence-corrected chi connectivity index (χ1v) is 7.91. The van der Waals surface area contributed by atoms with Crippen LogP contribution in [0.5, 0.6) is 0 Å². The van der Waals surface area contributed by atoms with E-state index in [0.717, 1.165) is 30.1 Å². The highest BCUT2D eigenvalue weighted by molar-refractivity contribution is 7.13. The van der Waals surface area contributed by atoms with Crippen LogP contribution in [0.1, 0.15) is 22.5 Å². The molecule has 2 aromatic heterocycles. The Kier molecular flexibility index (Phi) is 3.98. The van der Waals surface area contributed by atoms with E-state index in [9.17, 15) is 4.79 Å². The SMILES string of the molecule is Cc1ccsc1-c1ccc(C(=O)N(C)C2CCNC2)nn1. The zero-order valence-electron chi connectivity index (χ0n) is 12.2. The van der Waals surface area contributed by atoms with Crippen molar-refractivity contribution in [3.63, 3.8) is 0 Å². The molecule has 1 atom stereocenters. The summed E-state index contributed by atoms with van der Waals surface area (Å²) in [5, 5.41) is 13.6. The molecule has 5 nitrogen and oxygen atoms in total. The minimum Gasteiger partial charge on any atom is -0.336 e. The highest BCUT2D eigenvalue weighted by atomic mass is 32.1. The second-order valence-corrected chi connectivity index (χ2v) is 6.22. The Morgan fingerprint density at radius 1 is 1.38 bits per heavy atom. The van der Waals surface area contributed by atoms with Crippen LogP contribution in [-0.4, -0.2) is 47.2 Å². The number of nitrogens with one attached hydrogen (secondary N) is 1. The molecule has 1 fully saturated rings. The highest BCUT2D eigenvalue weighted by Crippen LogP contribution is 2.26. The molecule has 3 heterocycles. The van der Waals surface area contributed by atoms with Gasteiger partial charge in [-0.15, -0.1) is 21.5 Å². The molecule has 1 N–H and O–H groups in total. The van der Waals surface area contributed by atoms with Crippen molar-refractivity contribution in [3.05, 3.63) is 34.8 Å². The minimum atomic E-state index is -0.0642. The van der Waals surface area contributed by atoms with Gasteiger partial charge in [0, 0.05) is 19.6 Å². The molecule has 110 valence electrons. The quantitative estimate of drug-likeness (QED) is 0.941. The second-order valence-electron chi connectivity index (χ2n) is 5.30. The molecule has 0 saturated carbocycles. The van der Waals surface area contributed by atoms with Crippen molar-refractivity contribution in [2.75, 3.05) is 20.1 Å². The lowest BCUT2D eigenvalue weighted by atomic mass is 10.2. The molecule has 6 heteroatoms. The summed E-state index contributed by atoms with van der Waals surface area (Å²) in [7, 11) is 1.83. The van der Waals surface area contributed by atoms with Gasteiger partial charge in [-0.05, 0) is 49.0 Å². The fourth-order valence-corrected chi connectivity index (χ4v) is 3.41. The topological polar surface area (TPSA) is 58.1 Å². The van der Waals surface area contributed by atoms with Crippen LogP contribution in [0.25, 0.3) is 10.6 Å². The van der Waals surface area contributed by atoms with Gasteiger partial charge in [0.05, 0.1) is 4.88 Å². The molecule has 21 heavy (non-hydrogen) atoms. The summed E-state index contributed by atoms with van der Waals surface area (Å²) in [5.41, 5.74) is 2.41. The van der Waals surface area contributed by atoms with Crippen molar-refractivity contribution in [2.24, 2.45) is 0 Å². The Balaban J connectivity index is 1.77. The van der Waals surface area contributed by atoms with E-state index in [1.54, 1.807) is 22.3 Å². The van der Waals surface area contributed by atoms with Gasteiger partial charge in [-0.25, -0.2) is 0 Å². The Morgan fingerprint density at radius 2 is 2.24 bits per heavy atom. The number of amides is 1. The molecule has 1 saturated heterocycles. The molecule has 2 aromatic rings. The van der Waals surface area contributed by atoms with Crippen molar-refractivity contribution in [2.45, 2.75) is 19.4 Å². The van der Waals surface area contributed by atoms with Crippen molar-refractivity contribution < 1.29 is 4.79 Å². The normalized spacial score (nSPS) is 17.9. The number of aromatic nitrogens is 2. The molecule has 1 amide bonds. The molecule has 0 aromatic carbocycles. The lowest BCUT2D eigenvalue weighted by Gasteiger charge is -2.23. The third-order valence-corrected chi connectivity index (χ3v) is 4.92. The van der Waals surface area contributed by atoms with Crippen molar-refractivity contribution >= 4 is 17.2 Å². The lowest BCUT2D eigenvalue weighted by Crippen LogP contribution is -2.38. The van der Waals surface area contributed by atoms with Gasteiger partial charge in [0.2, 0.25) is 0 Å². The molecule has 0 aliphatic carbocycles. The Bertz CT molecular complexity index is 631. The molecule has 0 radical (unpaired) electrons. The number of nitrogens with zero attached hydrogens (tertiary/aromatic N) is 3. The van der Waals surface area contributed by atoms with E-state index in [0.29, 0.717) is 5.69 Å². The maximum atomic E-state index is 12.4. The van der Waals surface area contributed by atoms with Crippen LogP contribution in [0.4, 0.5) is 0 Å². The van der Waals surface area contributed by atoms with Gasteiger partial charge in [0.15, 0.2) is 5.69 Å². The fraction of sp³-hybridized carbons (Fsp3) is 0.400. The van der Waals surface area contributed by atoms with E-state index in [2.05, 4.69) is 21.6 Å². The van der Waals surface area contributed by atoms with Gasteiger partial charge in [-0.1, -0.05) is 0 Å². The number of hydrogen-bond acceptors (Lipinski definition) is 5. The van der Waals surface area contributed by atoms with Gasteiger partial charge < -0.3 is 10.2 Å². The number of hydrogen-bond donors (Lipinski definition) is 1. The highest BCUT2D eigenvalue weighted by Gasteiger charge is 2.25. The van der Waals surface area contributed by atoms with Crippen LogP contribution in [0.15, 0.2) is 23.6 Å². The summed E-state index contributed by atoms with van der Waals surface area (Å²) in [6.07, 6.45) is 0.988. The lowest BCUT2D eigenvalue weighted by molar-refractivity contribution is 0.0736. The summed E-state index contributed by atoms with van der Waals surface area (Å²) < 4.78 is 0. The van der Waals surface area contributed by atoms with Crippen LogP contribution in [0.3, 0.4) is 0 Å². The smallest absolute Gasteiger partial charge is 0.274 e. The van der Waals surface area contributed by atoms with Crippen LogP contribution in [0, 0.1) is 6.92 Å². The average molecular weight is 302 g/mol. The van der Waals surface area contributed by atoms with Crippen molar-refractivity contribution in [3.8, 4) is 10.6 Å². The third-order valence-electron chi connectivity index (χ3n) is 3.88. The number of rotatable bonds is 3. The van der Waals surface area contributed by atoms with Gasteiger partial charge >= 0.3 is 0 Å². The van der Waals surface area contributed by atoms with Crippen LogP contribution >= 0.6 is 11.3 Å². The maximum absolute atomic E-state index is 12.4. The van der Waals surface area contributed by atoms with Crippen LogP contribution in [0.2, 0.25) is 0 Å². The van der Waals surface area contributed by atoms with Gasteiger partial charge in [-0.2, -0.15) is 0 Å². The largest absolute Gasteiger partial charge is 0.336 e. The molecule has 3 rings (SSSR count). The number of carbonyl (C=O) groups is 1. The summed E-state index contributed by atoms with van der Waals surface area (Å²) in [6, 6.07) is 5.95. The Hall–Kier alpha value is -1.79. The van der Waals surface area contributed by atoms with Crippen molar-refractivity contribution in [1.82, 2.24) is 20.4 Å². The predicted octanol–water partition coefficient (Wildman–Crippen LogP) is 1.95. The van der Waals surface area contributed by atoms with Gasteiger partial charge in [-0.3, -0.25) is 4.79 Å². The zero-order chi connectivity index (χ0) is 14.8. The summed E-state index contributed by atoms with van der Waals surface area (Å²) in [6.45, 7) is 3.86. The predicted molar refractivity (Wildman–Crippen MR) is 83.5 cm³/mol. The first kappa shape index (κ1) is 14.2.